The van der Waals surface area contributed by atoms with Gasteiger partial charge in [0.2, 0.25) is 0 Å². The number of ether oxygens (including phenoxy) is 1. The number of hydrogen-bond acceptors (Lipinski definition) is 3. The van der Waals surface area contributed by atoms with E-state index in [2.05, 4.69) is 19.2 Å². The number of amides is 1. The van der Waals surface area contributed by atoms with Crippen LogP contribution < -0.4 is 15.8 Å². The molecule has 1 saturated carbocycles. The van der Waals surface area contributed by atoms with Crippen LogP contribution in [0.3, 0.4) is 0 Å². The fourth-order valence-corrected chi connectivity index (χ4v) is 2.93. The van der Waals surface area contributed by atoms with Crippen molar-refractivity contribution in [3.05, 3.63) is 23.8 Å². The predicted molar refractivity (Wildman–Crippen MR) is 90.1 cm³/mol. The van der Waals surface area contributed by atoms with Crippen LogP contribution in [0.2, 0.25) is 0 Å². The zero-order valence-corrected chi connectivity index (χ0v) is 13.7. The van der Waals surface area contributed by atoms with E-state index in [0.29, 0.717) is 29.5 Å². The first-order valence-corrected chi connectivity index (χ1v) is 8.45. The number of unbranched alkanes of at least 4 members (excludes halogenated alkanes) is 1. The molecule has 1 aliphatic rings. The van der Waals surface area contributed by atoms with Crippen LogP contribution >= 0.6 is 0 Å². The largest absolute Gasteiger partial charge is 0.491 e. The molecule has 1 aromatic rings. The molecule has 1 fully saturated rings. The van der Waals surface area contributed by atoms with Gasteiger partial charge in [-0.2, -0.15) is 0 Å². The molecule has 0 bridgehead atoms. The minimum absolute atomic E-state index is 0.0365. The van der Waals surface area contributed by atoms with E-state index in [9.17, 15) is 4.79 Å². The lowest BCUT2D eigenvalue weighted by Gasteiger charge is -2.29. The molecule has 2 unspecified atom stereocenters. The molecule has 0 aromatic heterocycles. The molecule has 0 radical (unpaired) electrons. The van der Waals surface area contributed by atoms with Crippen LogP contribution in [0.25, 0.3) is 0 Å². The standard InChI is InChI=1S/C18H28N2O2/c1-3-4-11-22-17-10-9-14(12-15(17)19)18(21)20-16-8-6-5-7-13(16)2/h9-10,12-13,16H,3-8,11,19H2,1-2H3,(H,20,21). The molecular formula is C18H28N2O2. The number of carbonyl (C=O) groups is 1. The molecule has 4 heteroatoms. The summed E-state index contributed by atoms with van der Waals surface area (Å²) < 4.78 is 5.62. The third-order valence-electron chi connectivity index (χ3n) is 4.46. The Morgan fingerprint density at radius 2 is 2.14 bits per heavy atom. The van der Waals surface area contributed by atoms with E-state index in [0.717, 1.165) is 19.3 Å². The molecular weight excluding hydrogens is 276 g/mol. The Bertz CT molecular complexity index is 502. The summed E-state index contributed by atoms with van der Waals surface area (Å²) in [6.45, 7) is 4.99. The number of nitrogens with two attached hydrogens (primary N) is 1. The zero-order chi connectivity index (χ0) is 15.9. The molecule has 4 nitrogen and oxygen atoms in total. The topological polar surface area (TPSA) is 64.3 Å². The normalized spacial score (nSPS) is 21.4. The average Bonchev–Trinajstić information content (AvgIpc) is 2.51. The Hall–Kier alpha value is -1.71. The van der Waals surface area contributed by atoms with Crippen LogP contribution in [-0.2, 0) is 0 Å². The number of carbonyl (C=O) groups excluding carboxylic acids is 1. The van der Waals surface area contributed by atoms with Crippen LogP contribution in [0.4, 0.5) is 5.69 Å². The highest BCUT2D eigenvalue weighted by molar-refractivity contribution is 5.95. The molecule has 0 saturated heterocycles. The van der Waals surface area contributed by atoms with Gasteiger partial charge in [-0.25, -0.2) is 0 Å². The van der Waals surface area contributed by atoms with Crippen molar-refractivity contribution in [2.24, 2.45) is 5.92 Å². The first-order chi connectivity index (χ1) is 10.6. The number of nitrogen functional groups attached to an aromatic ring is 1. The van der Waals surface area contributed by atoms with Gasteiger partial charge in [0.05, 0.1) is 12.3 Å². The first-order valence-electron chi connectivity index (χ1n) is 8.45. The van der Waals surface area contributed by atoms with Crippen LogP contribution in [0.1, 0.15) is 62.7 Å². The fraction of sp³-hybridized carbons (Fsp3) is 0.611. The van der Waals surface area contributed by atoms with E-state index in [-0.39, 0.29) is 11.9 Å². The lowest BCUT2D eigenvalue weighted by atomic mass is 9.86. The van der Waals surface area contributed by atoms with Crippen molar-refractivity contribution in [2.75, 3.05) is 12.3 Å². The van der Waals surface area contributed by atoms with Gasteiger partial charge in [-0.1, -0.05) is 33.1 Å². The minimum atomic E-state index is -0.0365. The molecule has 2 atom stereocenters. The summed E-state index contributed by atoms with van der Waals surface area (Å²) in [5.74, 6) is 1.17. The Labute approximate surface area is 133 Å². The number of benzene rings is 1. The monoisotopic (exact) mass is 304 g/mol. The lowest BCUT2D eigenvalue weighted by molar-refractivity contribution is 0.0910. The molecule has 0 heterocycles. The van der Waals surface area contributed by atoms with Gasteiger partial charge in [-0.15, -0.1) is 0 Å². The minimum Gasteiger partial charge on any atom is -0.491 e. The van der Waals surface area contributed by atoms with Crippen molar-refractivity contribution >= 4 is 11.6 Å². The second-order valence-corrected chi connectivity index (χ2v) is 6.30. The second kappa shape index (κ2) is 8.06. The molecule has 1 amide bonds. The molecule has 0 aliphatic heterocycles. The summed E-state index contributed by atoms with van der Waals surface area (Å²) >= 11 is 0. The Morgan fingerprint density at radius 1 is 1.36 bits per heavy atom. The van der Waals surface area contributed by atoms with Crippen LogP contribution in [-0.4, -0.2) is 18.6 Å². The highest BCUT2D eigenvalue weighted by Gasteiger charge is 2.23. The predicted octanol–water partition coefficient (Wildman–Crippen LogP) is 3.76. The van der Waals surface area contributed by atoms with E-state index in [1.165, 1.54) is 19.3 Å². The van der Waals surface area contributed by atoms with Crippen molar-refractivity contribution in [1.82, 2.24) is 5.32 Å². The molecule has 0 spiro atoms. The van der Waals surface area contributed by atoms with Crippen molar-refractivity contribution in [1.29, 1.82) is 0 Å². The maximum atomic E-state index is 12.4. The fourth-order valence-electron chi connectivity index (χ4n) is 2.93. The van der Waals surface area contributed by atoms with Crippen molar-refractivity contribution in [3.63, 3.8) is 0 Å². The Morgan fingerprint density at radius 3 is 2.82 bits per heavy atom. The van der Waals surface area contributed by atoms with Crippen LogP contribution in [0.15, 0.2) is 18.2 Å². The van der Waals surface area contributed by atoms with Crippen molar-refractivity contribution < 1.29 is 9.53 Å². The SMILES string of the molecule is CCCCOc1ccc(C(=O)NC2CCCCC2C)cc1N. The van der Waals surface area contributed by atoms with Crippen LogP contribution in [0.5, 0.6) is 5.75 Å². The van der Waals surface area contributed by atoms with Gasteiger partial charge < -0.3 is 15.8 Å². The molecule has 1 aliphatic carbocycles. The van der Waals surface area contributed by atoms with Gasteiger partial charge in [-0.05, 0) is 43.4 Å². The third-order valence-corrected chi connectivity index (χ3v) is 4.46. The summed E-state index contributed by atoms with van der Waals surface area (Å²) in [7, 11) is 0. The van der Waals surface area contributed by atoms with Gasteiger partial charge >= 0.3 is 0 Å². The molecule has 1 aromatic carbocycles. The van der Waals surface area contributed by atoms with E-state index < -0.39 is 0 Å². The third kappa shape index (κ3) is 4.39. The highest BCUT2D eigenvalue weighted by atomic mass is 16.5. The van der Waals surface area contributed by atoms with Gasteiger partial charge in [0.15, 0.2) is 0 Å². The summed E-state index contributed by atoms with van der Waals surface area (Å²) in [4.78, 5) is 12.4. The molecule has 22 heavy (non-hydrogen) atoms. The van der Waals surface area contributed by atoms with E-state index in [4.69, 9.17) is 10.5 Å². The quantitative estimate of drug-likeness (QED) is 0.621. The van der Waals surface area contributed by atoms with E-state index in [1.54, 1.807) is 18.2 Å². The van der Waals surface area contributed by atoms with Gasteiger partial charge in [0.1, 0.15) is 5.75 Å². The zero-order valence-electron chi connectivity index (χ0n) is 13.7. The second-order valence-electron chi connectivity index (χ2n) is 6.30. The van der Waals surface area contributed by atoms with Gasteiger partial charge in [0, 0.05) is 11.6 Å². The summed E-state index contributed by atoms with van der Waals surface area (Å²) in [5, 5.41) is 3.15. The van der Waals surface area contributed by atoms with Crippen LogP contribution in [0, 0.1) is 5.92 Å². The molecule has 3 N–H and O–H groups in total. The van der Waals surface area contributed by atoms with Crippen molar-refractivity contribution in [3.8, 4) is 5.75 Å². The first kappa shape index (κ1) is 16.7. The smallest absolute Gasteiger partial charge is 0.251 e. The number of nitrogens with one attached hydrogen (secondary N) is 1. The summed E-state index contributed by atoms with van der Waals surface area (Å²) in [6.07, 6.45) is 6.81. The lowest BCUT2D eigenvalue weighted by Crippen LogP contribution is -2.41. The van der Waals surface area contributed by atoms with Gasteiger partial charge in [0.25, 0.3) is 5.91 Å². The summed E-state index contributed by atoms with van der Waals surface area (Å²) in [5.41, 5.74) is 7.13. The van der Waals surface area contributed by atoms with Crippen molar-refractivity contribution in [2.45, 2.75) is 58.4 Å². The highest BCUT2D eigenvalue weighted by Crippen LogP contribution is 2.25. The number of anilines is 1. The molecule has 122 valence electrons. The Kier molecular flexibility index (Phi) is 6.10. The van der Waals surface area contributed by atoms with E-state index >= 15 is 0 Å². The average molecular weight is 304 g/mol. The summed E-state index contributed by atoms with van der Waals surface area (Å²) in [6, 6.07) is 5.58. The maximum Gasteiger partial charge on any atom is 0.251 e. The number of rotatable bonds is 6. The Balaban J connectivity index is 1.96. The number of hydrogen-bond donors (Lipinski definition) is 2. The van der Waals surface area contributed by atoms with E-state index in [1.807, 2.05) is 0 Å². The maximum absolute atomic E-state index is 12.4. The van der Waals surface area contributed by atoms with Gasteiger partial charge in [-0.3, -0.25) is 4.79 Å². The molecule has 2 rings (SSSR count).